The first kappa shape index (κ1) is 16.5. The molecule has 1 aliphatic rings. The van der Waals surface area contributed by atoms with Gasteiger partial charge in [-0.25, -0.2) is 13.1 Å². The van der Waals surface area contributed by atoms with Gasteiger partial charge in [0.15, 0.2) is 0 Å². The second-order valence-corrected chi connectivity index (χ2v) is 7.58. The van der Waals surface area contributed by atoms with Crippen molar-refractivity contribution in [2.75, 3.05) is 6.54 Å². The predicted molar refractivity (Wildman–Crippen MR) is 84.6 cm³/mol. The standard InChI is InChI=1S/C15H27N3O2S/c1-3-16-11-14-10-15(12-18(14)2)21(19,20)17-13-8-6-4-5-7-9-13/h10,12-13,16-17H,3-9,11H2,1-2H3. The Bertz CT molecular complexity index is 543. The normalized spacial score (nSPS) is 17.8. The van der Waals surface area contributed by atoms with Crippen LogP contribution in [0.15, 0.2) is 17.2 Å². The first-order valence-electron chi connectivity index (χ1n) is 7.91. The van der Waals surface area contributed by atoms with Gasteiger partial charge in [0, 0.05) is 31.5 Å². The van der Waals surface area contributed by atoms with Crippen LogP contribution < -0.4 is 10.0 Å². The van der Waals surface area contributed by atoms with Crippen LogP contribution in [0.5, 0.6) is 0 Å². The van der Waals surface area contributed by atoms with Crippen LogP contribution in [0.1, 0.15) is 51.1 Å². The molecule has 5 nitrogen and oxygen atoms in total. The lowest BCUT2D eigenvalue weighted by Gasteiger charge is -2.15. The Hall–Kier alpha value is -0.850. The lowest BCUT2D eigenvalue weighted by atomic mass is 10.1. The summed E-state index contributed by atoms with van der Waals surface area (Å²) in [5.74, 6) is 0. The monoisotopic (exact) mass is 313 g/mol. The Morgan fingerprint density at radius 3 is 2.52 bits per heavy atom. The third-order valence-electron chi connectivity index (χ3n) is 4.13. The van der Waals surface area contributed by atoms with Crippen molar-refractivity contribution in [3.63, 3.8) is 0 Å². The van der Waals surface area contributed by atoms with E-state index in [-0.39, 0.29) is 6.04 Å². The molecule has 0 amide bonds. The summed E-state index contributed by atoms with van der Waals surface area (Å²) in [6.45, 7) is 3.59. The summed E-state index contributed by atoms with van der Waals surface area (Å²) in [6, 6.07) is 1.86. The van der Waals surface area contributed by atoms with Gasteiger partial charge in [0.2, 0.25) is 10.0 Å². The molecule has 0 aliphatic heterocycles. The number of aromatic nitrogens is 1. The topological polar surface area (TPSA) is 63.1 Å². The SMILES string of the molecule is CCNCc1cc(S(=O)(=O)NC2CCCCCC2)cn1C. The van der Waals surface area contributed by atoms with Gasteiger partial charge >= 0.3 is 0 Å². The summed E-state index contributed by atoms with van der Waals surface area (Å²) < 4.78 is 29.8. The highest BCUT2D eigenvalue weighted by Crippen LogP contribution is 2.20. The van der Waals surface area contributed by atoms with Gasteiger partial charge < -0.3 is 9.88 Å². The Morgan fingerprint density at radius 2 is 1.90 bits per heavy atom. The summed E-state index contributed by atoms with van der Waals surface area (Å²) in [6.07, 6.45) is 8.28. The molecule has 0 atom stereocenters. The Morgan fingerprint density at radius 1 is 1.24 bits per heavy atom. The van der Waals surface area contributed by atoms with E-state index in [1.165, 1.54) is 12.8 Å². The molecule has 0 unspecified atom stereocenters. The Labute approximate surface area is 128 Å². The van der Waals surface area contributed by atoms with Gasteiger partial charge in [0.1, 0.15) is 0 Å². The number of aryl methyl sites for hydroxylation is 1. The highest BCUT2D eigenvalue weighted by molar-refractivity contribution is 7.89. The zero-order chi connectivity index (χ0) is 15.3. The molecule has 0 saturated heterocycles. The van der Waals surface area contributed by atoms with E-state index in [4.69, 9.17) is 0 Å². The summed E-state index contributed by atoms with van der Waals surface area (Å²) in [4.78, 5) is 0.377. The van der Waals surface area contributed by atoms with Crippen molar-refractivity contribution in [3.8, 4) is 0 Å². The minimum absolute atomic E-state index is 0.0925. The lowest BCUT2D eigenvalue weighted by molar-refractivity contribution is 0.510. The number of sulfonamides is 1. The maximum Gasteiger partial charge on any atom is 0.242 e. The van der Waals surface area contributed by atoms with Crippen LogP contribution in [0, 0.1) is 0 Å². The summed E-state index contributed by atoms with van der Waals surface area (Å²) >= 11 is 0. The molecule has 120 valence electrons. The fourth-order valence-electron chi connectivity index (χ4n) is 2.84. The lowest BCUT2D eigenvalue weighted by Crippen LogP contribution is -2.34. The van der Waals surface area contributed by atoms with E-state index < -0.39 is 10.0 Å². The first-order chi connectivity index (χ1) is 10.0. The number of hydrogen-bond donors (Lipinski definition) is 2. The minimum atomic E-state index is -3.40. The average molecular weight is 313 g/mol. The Balaban J connectivity index is 2.07. The molecule has 1 aromatic heterocycles. The number of rotatable bonds is 6. The number of nitrogens with one attached hydrogen (secondary N) is 2. The van der Waals surface area contributed by atoms with Crippen molar-refractivity contribution in [3.05, 3.63) is 18.0 Å². The fourth-order valence-corrected chi connectivity index (χ4v) is 4.24. The highest BCUT2D eigenvalue weighted by Gasteiger charge is 2.22. The van der Waals surface area contributed by atoms with E-state index in [0.717, 1.165) is 37.9 Å². The number of hydrogen-bond acceptors (Lipinski definition) is 3. The van der Waals surface area contributed by atoms with Crippen molar-refractivity contribution in [1.82, 2.24) is 14.6 Å². The van der Waals surface area contributed by atoms with Crippen molar-refractivity contribution < 1.29 is 8.42 Å². The molecule has 6 heteroatoms. The van der Waals surface area contributed by atoms with E-state index >= 15 is 0 Å². The molecule has 1 heterocycles. The highest BCUT2D eigenvalue weighted by atomic mass is 32.2. The summed E-state index contributed by atoms with van der Waals surface area (Å²) in [5.41, 5.74) is 0.984. The van der Waals surface area contributed by atoms with Crippen LogP contribution in [-0.2, 0) is 23.6 Å². The zero-order valence-corrected chi connectivity index (χ0v) is 13.9. The maximum absolute atomic E-state index is 12.5. The first-order valence-corrected chi connectivity index (χ1v) is 9.39. The molecule has 0 radical (unpaired) electrons. The summed E-state index contributed by atoms with van der Waals surface area (Å²) in [7, 11) is -1.52. The number of nitrogens with zero attached hydrogens (tertiary/aromatic N) is 1. The van der Waals surface area contributed by atoms with Crippen molar-refractivity contribution >= 4 is 10.0 Å². The third-order valence-corrected chi connectivity index (χ3v) is 5.61. The second kappa shape index (κ2) is 7.42. The quantitative estimate of drug-likeness (QED) is 0.791. The molecule has 0 aromatic carbocycles. The van der Waals surface area contributed by atoms with Crippen LogP contribution >= 0.6 is 0 Å². The molecular weight excluding hydrogens is 286 g/mol. The van der Waals surface area contributed by atoms with Crippen LogP contribution in [0.4, 0.5) is 0 Å². The minimum Gasteiger partial charge on any atom is -0.352 e. The third kappa shape index (κ3) is 4.56. The van der Waals surface area contributed by atoms with E-state index in [2.05, 4.69) is 10.0 Å². The molecule has 1 aromatic rings. The van der Waals surface area contributed by atoms with E-state index in [1.807, 2.05) is 18.5 Å². The van der Waals surface area contributed by atoms with Crippen LogP contribution in [-0.4, -0.2) is 25.6 Å². The van der Waals surface area contributed by atoms with Crippen molar-refractivity contribution in [1.29, 1.82) is 0 Å². The maximum atomic E-state index is 12.5. The van der Waals surface area contributed by atoms with E-state index in [0.29, 0.717) is 11.4 Å². The van der Waals surface area contributed by atoms with E-state index in [1.54, 1.807) is 12.3 Å². The van der Waals surface area contributed by atoms with Gasteiger partial charge in [-0.2, -0.15) is 0 Å². The van der Waals surface area contributed by atoms with Gasteiger partial charge in [0.25, 0.3) is 0 Å². The van der Waals surface area contributed by atoms with Gasteiger partial charge in [-0.15, -0.1) is 0 Å². The van der Waals surface area contributed by atoms with Gasteiger partial charge in [-0.05, 0) is 25.5 Å². The largest absolute Gasteiger partial charge is 0.352 e. The molecule has 1 fully saturated rings. The second-order valence-electron chi connectivity index (χ2n) is 5.87. The summed E-state index contributed by atoms with van der Waals surface area (Å²) in [5, 5.41) is 3.22. The fraction of sp³-hybridized carbons (Fsp3) is 0.733. The van der Waals surface area contributed by atoms with E-state index in [9.17, 15) is 8.42 Å². The average Bonchev–Trinajstić information content (AvgIpc) is 2.64. The molecule has 2 rings (SSSR count). The molecule has 2 N–H and O–H groups in total. The zero-order valence-electron chi connectivity index (χ0n) is 13.1. The smallest absolute Gasteiger partial charge is 0.242 e. The van der Waals surface area contributed by atoms with Crippen LogP contribution in [0.25, 0.3) is 0 Å². The van der Waals surface area contributed by atoms with Crippen LogP contribution in [0.3, 0.4) is 0 Å². The molecule has 1 saturated carbocycles. The van der Waals surface area contributed by atoms with Crippen LogP contribution in [0.2, 0.25) is 0 Å². The van der Waals surface area contributed by atoms with Gasteiger partial charge in [-0.1, -0.05) is 32.6 Å². The molecular formula is C15H27N3O2S. The predicted octanol–water partition coefficient (Wildman–Crippen LogP) is 2.14. The Kier molecular flexibility index (Phi) is 5.84. The van der Waals surface area contributed by atoms with Gasteiger partial charge in [0.05, 0.1) is 4.90 Å². The van der Waals surface area contributed by atoms with Crippen molar-refractivity contribution in [2.24, 2.45) is 7.05 Å². The molecule has 0 spiro atoms. The molecule has 0 bridgehead atoms. The molecule has 21 heavy (non-hydrogen) atoms. The molecule has 1 aliphatic carbocycles. The van der Waals surface area contributed by atoms with Gasteiger partial charge in [-0.3, -0.25) is 0 Å². The van der Waals surface area contributed by atoms with Crippen molar-refractivity contribution in [2.45, 2.75) is 62.9 Å².